The first kappa shape index (κ1) is 22.4. The van der Waals surface area contributed by atoms with Gasteiger partial charge in [-0.25, -0.2) is 0 Å². The van der Waals surface area contributed by atoms with Crippen LogP contribution >= 0.6 is 23.4 Å². The Bertz CT molecular complexity index is 1100. The fourth-order valence-corrected chi connectivity index (χ4v) is 3.73. The van der Waals surface area contributed by atoms with E-state index >= 15 is 0 Å². The first-order valence-electron chi connectivity index (χ1n) is 9.36. The third-order valence-electron chi connectivity index (χ3n) is 4.32. The minimum Gasteiger partial charge on any atom is -0.366 e. The molecule has 31 heavy (non-hydrogen) atoms. The fourth-order valence-electron chi connectivity index (χ4n) is 2.67. The van der Waals surface area contributed by atoms with Crippen LogP contribution in [0.3, 0.4) is 0 Å². The molecular weight excluding hydrogens is 434 g/mol. The predicted molar refractivity (Wildman–Crippen MR) is 125 cm³/mol. The lowest BCUT2D eigenvalue weighted by Gasteiger charge is -2.13. The van der Waals surface area contributed by atoms with Gasteiger partial charge in [-0.05, 0) is 73.7 Å². The van der Waals surface area contributed by atoms with E-state index in [0.29, 0.717) is 27.5 Å². The second kappa shape index (κ2) is 10.1. The summed E-state index contributed by atoms with van der Waals surface area (Å²) in [7, 11) is 0. The molecule has 0 heterocycles. The average molecular weight is 454 g/mol. The van der Waals surface area contributed by atoms with Gasteiger partial charge in [0.05, 0.1) is 5.25 Å². The molecule has 0 saturated heterocycles. The van der Waals surface area contributed by atoms with Crippen LogP contribution in [0.15, 0.2) is 77.7 Å². The molecule has 0 aromatic heterocycles. The number of hydrogen-bond acceptors (Lipinski definition) is 4. The highest BCUT2D eigenvalue weighted by atomic mass is 35.5. The summed E-state index contributed by atoms with van der Waals surface area (Å²) in [5.41, 5.74) is 7.29. The number of amides is 3. The molecule has 1 atom stereocenters. The summed E-state index contributed by atoms with van der Waals surface area (Å²) in [5.74, 6) is -0.942. The fraction of sp³-hybridized carbons (Fsp3) is 0.0870. The Hall–Kier alpha value is -3.29. The number of benzene rings is 3. The Kier molecular flexibility index (Phi) is 7.33. The molecule has 8 heteroatoms. The molecule has 6 nitrogen and oxygen atoms in total. The van der Waals surface area contributed by atoms with E-state index in [1.54, 1.807) is 67.6 Å². The van der Waals surface area contributed by atoms with E-state index in [2.05, 4.69) is 10.6 Å². The van der Waals surface area contributed by atoms with E-state index in [1.807, 2.05) is 12.1 Å². The van der Waals surface area contributed by atoms with E-state index in [1.165, 1.54) is 11.8 Å². The van der Waals surface area contributed by atoms with Crippen LogP contribution in [-0.4, -0.2) is 23.0 Å². The lowest BCUT2D eigenvalue weighted by atomic mass is 10.2. The van der Waals surface area contributed by atoms with Crippen molar-refractivity contribution in [2.24, 2.45) is 5.73 Å². The summed E-state index contributed by atoms with van der Waals surface area (Å²) >= 11 is 7.31. The van der Waals surface area contributed by atoms with Gasteiger partial charge in [0.2, 0.25) is 11.8 Å². The summed E-state index contributed by atoms with van der Waals surface area (Å²) in [4.78, 5) is 36.7. The predicted octanol–water partition coefficient (Wildman–Crippen LogP) is 4.81. The minimum absolute atomic E-state index is 0.171. The molecule has 0 bridgehead atoms. The number of carbonyl (C=O) groups is 3. The zero-order valence-electron chi connectivity index (χ0n) is 16.6. The van der Waals surface area contributed by atoms with Crippen LogP contribution in [0.25, 0.3) is 0 Å². The lowest BCUT2D eigenvalue weighted by molar-refractivity contribution is -0.115. The van der Waals surface area contributed by atoms with E-state index in [9.17, 15) is 14.4 Å². The van der Waals surface area contributed by atoms with Gasteiger partial charge < -0.3 is 16.4 Å². The van der Waals surface area contributed by atoms with Gasteiger partial charge in [-0.15, -0.1) is 11.8 Å². The molecule has 0 aliphatic heterocycles. The molecule has 0 saturated carbocycles. The Morgan fingerprint density at radius 3 is 2.10 bits per heavy atom. The third-order valence-corrected chi connectivity index (χ3v) is 5.67. The Labute approximate surface area is 189 Å². The minimum atomic E-state index is -0.519. The molecule has 0 aliphatic rings. The Morgan fingerprint density at radius 2 is 1.48 bits per heavy atom. The van der Waals surface area contributed by atoms with Crippen LogP contribution < -0.4 is 16.4 Å². The molecule has 158 valence electrons. The second-order valence-corrected chi connectivity index (χ2v) is 8.53. The van der Waals surface area contributed by atoms with E-state index in [0.717, 1.165) is 4.90 Å². The number of rotatable bonds is 7. The van der Waals surface area contributed by atoms with Gasteiger partial charge in [0.25, 0.3) is 5.91 Å². The zero-order valence-corrected chi connectivity index (χ0v) is 18.2. The first-order chi connectivity index (χ1) is 14.8. The molecule has 1 unspecified atom stereocenters. The highest BCUT2D eigenvalue weighted by Crippen LogP contribution is 2.26. The first-order valence-corrected chi connectivity index (χ1v) is 10.6. The van der Waals surface area contributed by atoms with Crippen molar-refractivity contribution in [1.29, 1.82) is 0 Å². The molecule has 0 spiro atoms. The lowest BCUT2D eigenvalue weighted by Crippen LogP contribution is -2.22. The van der Waals surface area contributed by atoms with Crippen molar-refractivity contribution < 1.29 is 14.4 Å². The van der Waals surface area contributed by atoms with E-state index < -0.39 is 5.91 Å². The topological polar surface area (TPSA) is 101 Å². The molecular formula is C23H20ClN3O3S. The normalized spacial score (nSPS) is 11.4. The van der Waals surface area contributed by atoms with Crippen LogP contribution in [0.4, 0.5) is 11.4 Å². The SMILES string of the molecule is CC(Sc1ccc(NC(=O)c2cccc(Cl)c2)cc1)C(=O)Nc1ccc(C(N)=O)cc1. The number of nitrogens with two attached hydrogens (primary N) is 1. The number of halogens is 1. The standard InChI is InChI=1S/C23H20ClN3O3S/c1-14(22(29)26-18-7-5-15(6-8-18)21(25)28)31-20-11-9-19(10-12-20)27-23(30)16-3-2-4-17(24)13-16/h2-14H,1H3,(H2,25,28)(H,26,29)(H,27,30). The summed E-state index contributed by atoms with van der Waals surface area (Å²) in [5, 5.41) is 5.76. The van der Waals surface area contributed by atoms with Gasteiger partial charge in [0.1, 0.15) is 0 Å². The second-order valence-electron chi connectivity index (χ2n) is 6.68. The van der Waals surface area contributed by atoms with Gasteiger partial charge in [0, 0.05) is 32.4 Å². The Balaban J connectivity index is 1.55. The summed E-state index contributed by atoms with van der Waals surface area (Å²) in [6, 6.07) is 20.3. The smallest absolute Gasteiger partial charge is 0.255 e. The van der Waals surface area contributed by atoms with Gasteiger partial charge in [-0.3, -0.25) is 14.4 Å². The van der Waals surface area contributed by atoms with Gasteiger partial charge in [-0.1, -0.05) is 17.7 Å². The highest BCUT2D eigenvalue weighted by molar-refractivity contribution is 8.00. The van der Waals surface area contributed by atoms with E-state index in [4.69, 9.17) is 17.3 Å². The zero-order chi connectivity index (χ0) is 22.4. The maximum absolute atomic E-state index is 12.4. The quantitative estimate of drug-likeness (QED) is 0.447. The number of anilines is 2. The summed E-state index contributed by atoms with van der Waals surface area (Å²) in [6.45, 7) is 1.80. The largest absolute Gasteiger partial charge is 0.366 e. The van der Waals surface area contributed by atoms with Gasteiger partial charge in [-0.2, -0.15) is 0 Å². The molecule has 0 fully saturated rings. The molecule has 4 N–H and O–H groups in total. The molecule has 3 rings (SSSR count). The number of thioether (sulfide) groups is 1. The molecule has 3 aromatic rings. The van der Waals surface area contributed by atoms with Crippen molar-refractivity contribution >= 4 is 52.5 Å². The summed E-state index contributed by atoms with van der Waals surface area (Å²) in [6.07, 6.45) is 0. The molecule has 3 aromatic carbocycles. The van der Waals surface area contributed by atoms with Crippen LogP contribution in [0, 0.1) is 0 Å². The van der Waals surface area contributed by atoms with Crippen LogP contribution in [-0.2, 0) is 4.79 Å². The number of primary amides is 1. The van der Waals surface area contributed by atoms with Crippen LogP contribution in [0.1, 0.15) is 27.6 Å². The van der Waals surface area contributed by atoms with Gasteiger partial charge >= 0.3 is 0 Å². The van der Waals surface area contributed by atoms with Crippen molar-refractivity contribution in [3.8, 4) is 0 Å². The van der Waals surface area contributed by atoms with Crippen molar-refractivity contribution in [2.75, 3.05) is 10.6 Å². The highest BCUT2D eigenvalue weighted by Gasteiger charge is 2.15. The number of hydrogen-bond donors (Lipinski definition) is 3. The molecule has 3 amide bonds. The maximum atomic E-state index is 12.4. The summed E-state index contributed by atoms with van der Waals surface area (Å²) < 4.78 is 0. The number of nitrogens with one attached hydrogen (secondary N) is 2. The van der Waals surface area contributed by atoms with Gasteiger partial charge in [0.15, 0.2) is 0 Å². The van der Waals surface area contributed by atoms with Crippen LogP contribution in [0.5, 0.6) is 0 Å². The van der Waals surface area contributed by atoms with Crippen molar-refractivity contribution in [3.63, 3.8) is 0 Å². The maximum Gasteiger partial charge on any atom is 0.255 e. The average Bonchev–Trinajstić information content (AvgIpc) is 2.75. The monoisotopic (exact) mass is 453 g/mol. The molecule has 0 radical (unpaired) electrons. The van der Waals surface area contributed by atoms with E-state index in [-0.39, 0.29) is 17.1 Å². The van der Waals surface area contributed by atoms with Crippen molar-refractivity contribution in [3.05, 3.63) is 88.9 Å². The molecule has 0 aliphatic carbocycles. The van der Waals surface area contributed by atoms with Crippen LogP contribution in [0.2, 0.25) is 5.02 Å². The van der Waals surface area contributed by atoms with Crippen molar-refractivity contribution in [1.82, 2.24) is 0 Å². The Morgan fingerprint density at radius 1 is 0.871 bits per heavy atom. The number of carbonyl (C=O) groups excluding carboxylic acids is 3. The van der Waals surface area contributed by atoms with Crippen molar-refractivity contribution in [2.45, 2.75) is 17.1 Å². The third kappa shape index (κ3) is 6.34.